The molecule has 0 spiro atoms. The fourth-order valence-electron chi connectivity index (χ4n) is 2.87. The Morgan fingerprint density at radius 3 is 2.38 bits per heavy atom. The number of nitrogens with zero attached hydrogens (tertiary/aromatic N) is 1. The molecule has 0 radical (unpaired) electrons. The summed E-state index contributed by atoms with van der Waals surface area (Å²) in [5.74, 6) is 1.32. The number of guanidine groups is 1. The summed E-state index contributed by atoms with van der Waals surface area (Å²) in [4.78, 5) is 17.1. The Kier molecular flexibility index (Phi) is 4.12. The predicted octanol–water partition coefficient (Wildman–Crippen LogP) is 1.59. The van der Waals surface area contributed by atoms with E-state index in [1.54, 1.807) is 26.4 Å². The van der Waals surface area contributed by atoms with Crippen LogP contribution in [0, 0.1) is 0 Å². The number of nitrogens with two attached hydrogens (primary N) is 1. The van der Waals surface area contributed by atoms with Gasteiger partial charge in [-0.25, -0.2) is 4.99 Å². The summed E-state index contributed by atoms with van der Waals surface area (Å²) in [6.45, 7) is 0. The van der Waals surface area contributed by atoms with Gasteiger partial charge in [0.05, 0.1) is 14.2 Å². The molecule has 0 saturated carbocycles. The van der Waals surface area contributed by atoms with Crippen LogP contribution in [0.15, 0.2) is 53.5 Å². The summed E-state index contributed by atoms with van der Waals surface area (Å²) in [5, 5.41) is 2.61. The summed E-state index contributed by atoms with van der Waals surface area (Å²) < 4.78 is 10.4. The van der Waals surface area contributed by atoms with Gasteiger partial charge in [0, 0.05) is 6.42 Å². The van der Waals surface area contributed by atoms with Crippen LogP contribution in [0.4, 0.5) is 0 Å². The van der Waals surface area contributed by atoms with E-state index in [9.17, 15) is 4.79 Å². The number of hydrogen-bond donors (Lipinski definition) is 2. The van der Waals surface area contributed by atoms with Gasteiger partial charge >= 0.3 is 0 Å². The second kappa shape index (κ2) is 6.23. The molecule has 0 aliphatic carbocycles. The molecule has 6 nitrogen and oxygen atoms in total. The van der Waals surface area contributed by atoms with Gasteiger partial charge in [0.1, 0.15) is 11.5 Å². The zero-order chi connectivity index (χ0) is 17.2. The SMILES string of the molecule is COc1ccc([C@@]2(Cc3cccc(OC)c3)N=C(N)NC2=O)cc1. The third-order valence-electron chi connectivity index (χ3n) is 4.09. The smallest absolute Gasteiger partial charge is 0.259 e. The van der Waals surface area contributed by atoms with Crippen LogP contribution in [0.3, 0.4) is 0 Å². The van der Waals surface area contributed by atoms with E-state index in [4.69, 9.17) is 15.2 Å². The molecule has 6 heteroatoms. The standard InChI is InChI=1S/C18H19N3O3/c1-23-14-8-6-13(7-9-14)18(16(22)20-17(19)21-18)11-12-4-3-5-15(10-12)24-2/h3-10H,11H2,1-2H3,(H3,19,20,21,22)/t18-/m1/s1. The molecule has 1 amide bonds. The molecule has 1 atom stereocenters. The van der Waals surface area contributed by atoms with Gasteiger partial charge in [-0.2, -0.15) is 0 Å². The van der Waals surface area contributed by atoms with Gasteiger partial charge in [-0.1, -0.05) is 24.3 Å². The number of carbonyl (C=O) groups excluding carboxylic acids is 1. The molecule has 124 valence electrons. The van der Waals surface area contributed by atoms with E-state index in [1.165, 1.54) is 0 Å². The summed E-state index contributed by atoms with van der Waals surface area (Å²) in [5.41, 5.74) is 6.36. The molecule has 0 unspecified atom stereocenters. The molecule has 0 bridgehead atoms. The summed E-state index contributed by atoms with van der Waals surface area (Å²) >= 11 is 0. The molecule has 2 aromatic rings. The first-order chi connectivity index (χ1) is 11.6. The van der Waals surface area contributed by atoms with Crippen molar-refractivity contribution in [3.05, 3.63) is 59.7 Å². The van der Waals surface area contributed by atoms with Crippen molar-refractivity contribution < 1.29 is 14.3 Å². The molecule has 1 aliphatic heterocycles. The molecule has 24 heavy (non-hydrogen) atoms. The number of aliphatic imine (C=N–C) groups is 1. The lowest BCUT2D eigenvalue weighted by molar-refractivity contribution is -0.124. The highest BCUT2D eigenvalue weighted by molar-refractivity contribution is 6.07. The largest absolute Gasteiger partial charge is 0.497 e. The van der Waals surface area contributed by atoms with Crippen molar-refractivity contribution in [1.82, 2.24) is 5.32 Å². The molecule has 0 saturated heterocycles. The quantitative estimate of drug-likeness (QED) is 0.874. The molecule has 0 aromatic heterocycles. The predicted molar refractivity (Wildman–Crippen MR) is 91.1 cm³/mol. The Bertz CT molecular complexity index is 786. The zero-order valence-corrected chi connectivity index (χ0v) is 13.6. The monoisotopic (exact) mass is 325 g/mol. The van der Waals surface area contributed by atoms with Gasteiger partial charge in [0.2, 0.25) is 0 Å². The molecular formula is C18H19N3O3. The van der Waals surface area contributed by atoms with Crippen molar-refractivity contribution in [2.75, 3.05) is 14.2 Å². The van der Waals surface area contributed by atoms with Gasteiger partial charge in [0.25, 0.3) is 5.91 Å². The van der Waals surface area contributed by atoms with E-state index in [0.717, 1.165) is 16.9 Å². The van der Waals surface area contributed by atoms with Crippen LogP contribution in [0.5, 0.6) is 11.5 Å². The molecular weight excluding hydrogens is 306 g/mol. The van der Waals surface area contributed by atoms with Crippen molar-refractivity contribution in [3.8, 4) is 11.5 Å². The number of nitrogens with one attached hydrogen (secondary N) is 1. The number of ether oxygens (including phenoxy) is 2. The van der Waals surface area contributed by atoms with Crippen molar-refractivity contribution in [3.63, 3.8) is 0 Å². The van der Waals surface area contributed by atoms with E-state index >= 15 is 0 Å². The van der Waals surface area contributed by atoms with E-state index in [-0.39, 0.29) is 11.9 Å². The average molecular weight is 325 g/mol. The second-order valence-electron chi connectivity index (χ2n) is 5.57. The summed E-state index contributed by atoms with van der Waals surface area (Å²) in [7, 11) is 3.20. The minimum Gasteiger partial charge on any atom is -0.497 e. The van der Waals surface area contributed by atoms with E-state index < -0.39 is 5.54 Å². The lowest BCUT2D eigenvalue weighted by Crippen LogP contribution is -2.40. The van der Waals surface area contributed by atoms with Gasteiger partial charge in [-0.3, -0.25) is 10.1 Å². The maximum atomic E-state index is 12.7. The van der Waals surface area contributed by atoms with Crippen LogP contribution in [-0.2, 0) is 16.8 Å². The van der Waals surface area contributed by atoms with Crippen LogP contribution in [-0.4, -0.2) is 26.1 Å². The number of hydrogen-bond acceptors (Lipinski definition) is 5. The third kappa shape index (κ3) is 2.78. The Hall–Kier alpha value is -3.02. The third-order valence-corrected chi connectivity index (χ3v) is 4.09. The average Bonchev–Trinajstić information content (AvgIpc) is 2.89. The maximum absolute atomic E-state index is 12.7. The first kappa shape index (κ1) is 15.9. The Labute approximate surface area is 140 Å². The van der Waals surface area contributed by atoms with Crippen LogP contribution in [0.2, 0.25) is 0 Å². The minimum absolute atomic E-state index is 0.124. The normalized spacial score (nSPS) is 19.6. The molecule has 2 aromatic carbocycles. The Balaban J connectivity index is 2.04. The fourth-order valence-corrected chi connectivity index (χ4v) is 2.87. The number of amides is 1. The molecule has 1 aliphatic rings. The van der Waals surface area contributed by atoms with Crippen molar-refractivity contribution >= 4 is 11.9 Å². The van der Waals surface area contributed by atoms with E-state index in [0.29, 0.717) is 12.2 Å². The van der Waals surface area contributed by atoms with Crippen LogP contribution in [0.1, 0.15) is 11.1 Å². The number of methoxy groups -OCH3 is 2. The highest BCUT2D eigenvalue weighted by Crippen LogP contribution is 2.34. The van der Waals surface area contributed by atoms with Crippen LogP contribution in [0.25, 0.3) is 0 Å². The number of rotatable bonds is 5. The minimum atomic E-state index is -1.09. The highest BCUT2D eigenvalue weighted by atomic mass is 16.5. The lowest BCUT2D eigenvalue weighted by Gasteiger charge is -2.24. The van der Waals surface area contributed by atoms with Crippen molar-refractivity contribution in [2.45, 2.75) is 12.0 Å². The fraction of sp³-hybridized carbons (Fsp3) is 0.222. The maximum Gasteiger partial charge on any atom is 0.259 e. The Morgan fingerprint density at radius 1 is 1.08 bits per heavy atom. The summed E-state index contributed by atoms with van der Waals surface area (Å²) in [6, 6.07) is 14.8. The van der Waals surface area contributed by atoms with Gasteiger partial charge in [-0.15, -0.1) is 0 Å². The Morgan fingerprint density at radius 2 is 1.79 bits per heavy atom. The molecule has 0 fully saturated rings. The zero-order valence-electron chi connectivity index (χ0n) is 13.6. The van der Waals surface area contributed by atoms with Crippen LogP contribution < -0.4 is 20.5 Å². The molecule has 1 heterocycles. The van der Waals surface area contributed by atoms with E-state index in [2.05, 4.69) is 10.3 Å². The van der Waals surface area contributed by atoms with Crippen molar-refractivity contribution in [2.24, 2.45) is 10.7 Å². The topological polar surface area (TPSA) is 85.9 Å². The van der Waals surface area contributed by atoms with Crippen LogP contribution >= 0.6 is 0 Å². The van der Waals surface area contributed by atoms with Gasteiger partial charge < -0.3 is 15.2 Å². The van der Waals surface area contributed by atoms with Gasteiger partial charge in [0.15, 0.2) is 11.5 Å². The number of carbonyl (C=O) groups is 1. The highest BCUT2D eigenvalue weighted by Gasteiger charge is 2.45. The summed E-state index contributed by atoms with van der Waals surface area (Å²) in [6.07, 6.45) is 0.378. The van der Waals surface area contributed by atoms with Gasteiger partial charge in [-0.05, 0) is 35.4 Å². The number of benzene rings is 2. The first-order valence-corrected chi connectivity index (χ1v) is 7.51. The van der Waals surface area contributed by atoms with Crippen molar-refractivity contribution in [1.29, 1.82) is 0 Å². The lowest BCUT2D eigenvalue weighted by atomic mass is 9.84. The molecule has 3 rings (SSSR count). The second-order valence-corrected chi connectivity index (χ2v) is 5.57. The molecule has 3 N–H and O–H groups in total. The van der Waals surface area contributed by atoms with E-state index in [1.807, 2.05) is 36.4 Å². The first-order valence-electron chi connectivity index (χ1n) is 7.51.